The molecule has 2 rings (SSSR count). The summed E-state index contributed by atoms with van der Waals surface area (Å²) in [6, 6.07) is 8.88. The van der Waals surface area contributed by atoms with E-state index in [2.05, 4.69) is 5.32 Å². The fraction of sp³-hybridized carbons (Fsp3) is 0.0714. The number of amides is 1. The van der Waals surface area contributed by atoms with Gasteiger partial charge >= 0.3 is 6.18 Å². The molecular weight excluding hydrogens is 326 g/mol. The highest BCUT2D eigenvalue weighted by Gasteiger charge is 2.31. The van der Waals surface area contributed by atoms with Crippen molar-refractivity contribution >= 4 is 34.8 Å². The van der Waals surface area contributed by atoms with E-state index in [4.69, 9.17) is 23.2 Å². The lowest BCUT2D eigenvalue weighted by molar-refractivity contribution is -0.137. The van der Waals surface area contributed by atoms with Crippen LogP contribution in [0, 0.1) is 0 Å². The Labute approximate surface area is 128 Å². The third-order valence-corrected chi connectivity index (χ3v) is 3.32. The first-order valence-electron chi connectivity index (χ1n) is 5.71. The predicted octanol–water partition coefficient (Wildman–Crippen LogP) is 5.26. The molecule has 0 aliphatic heterocycles. The summed E-state index contributed by atoms with van der Waals surface area (Å²) in [7, 11) is 0. The van der Waals surface area contributed by atoms with Crippen molar-refractivity contribution in [1.82, 2.24) is 0 Å². The first-order valence-corrected chi connectivity index (χ1v) is 6.47. The van der Waals surface area contributed by atoms with Crippen LogP contribution in [0.4, 0.5) is 18.9 Å². The molecule has 0 bridgehead atoms. The molecule has 0 atom stereocenters. The third-order valence-electron chi connectivity index (χ3n) is 2.66. The van der Waals surface area contributed by atoms with Gasteiger partial charge in [0.25, 0.3) is 5.91 Å². The monoisotopic (exact) mass is 333 g/mol. The van der Waals surface area contributed by atoms with Crippen molar-refractivity contribution in [3.63, 3.8) is 0 Å². The van der Waals surface area contributed by atoms with Crippen LogP contribution in [0.15, 0.2) is 42.5 Å². The van der Waals surface area contributed by atoms with Crippen LogP contribution in [-0.4, -0.2) is 5.91 Å². The van der Waals surface area contributed by atoms with Crippen molar-refractivity contribution in [3.8, 4) is 0 Å². The summed E-state index contributed by atoms with van der Waals surface area (Å²) < 4.78 is 37.9. The van der Waals surface area contributed by atoms with E-state index in [0.717, 1.165) is 18.2 Å². The first kappa shape index (κ1) is 15.7. The van der Waals surface area contributed by atoms with Crippen LogP contribution in [0.5, 0.6) is 0 Å². The summed E-state index contributed by atoms with van der Waals surface area (Å²) in [4.78, 5) is 12.0. The molecule has 2 aromatic carbocycles. The largest absolute Gasteiger partial charge is 0.416 e. The van der Waals surface area contributed by atoms with Gasteiger partial charge in [-0.3, -0.25) is 4.79 Å². The Balaban J connectivity index is 2.31. The molecule has 0 fully saturated rings. The summed E-state index contributed by atoms with van der Waals surface area (Å²) in [5, 5.41) is 2.52. The Kier molecular flexibility index (Phi) is 4.44. The topological polar surface area (TPSA) is 29.1 Å². The second kappa shape index (κ2) is 5.95. The van der Waals surface area contributed by atoms with Crippen molar-refractivity contribution in [2.75, 3.05) is 5.32 Å². The standard InChI is InChI=1S/C14H8Cl2F3NO/c15-10-4-2-1-3-9(10)13(21)20-12-7-8(14(17,18)19)5-6-11(12)16/h1-7H,(H,20,21). The molecule has 0 unspecified atom stereocenters. The normalized spacial score (nSPS) is 11.3. The molecule has 21 heavy (non-hydrogen) atoms. The Hall–Kier alpha value is -1.72. The highest BCUT2D eigenvalue weighted by atomic mass is 35.5. The molecule has 1 N–H and O–H groups in total. The SMILES string of the molecule is O=C(Nc1cc(C(F)(F)F)ccc1Cl)c1ccccc1Cl. The summed E-state index contributed by atoms with van der Waals surface area (Å²) in [6.45, 7) is 0. The maximum atomic E-state index is 12.6. The lowest BCUT2D eigenvalue weighted by Gasteiger charge is -2.12. The second-order valence-electron chi connectivity index (χ2n) is 4.13. The number of nitrogens with one attached hydrogen (secondary N) is 1. The highest BCUT2D eigenvalue weighted by Crippen LogP contribution is 2.34. The molecule has 2 nitrogen and oxygen atoms in total. The molecule has 0 aliphatic carbocycles. The molecule has 1 amide bonds. The fourth-order valence-corrected chi connectivity index (χ4v) is 2.02. The van der Waals surface area contributed by atoms with Crippen molar-refractivity contribution < 1.29 is 18.0 Å². The minimum atomic E-state index is -4.52. The van der Waals surface area contributed by atoms with Crippen molar-refractivity contribution in [2.45, 2.75) is 6.18 Å². The number of alkyl halides is 3. The van der Waals surface area contributed by atoms with Gasteiger partial charge in [0.1, 0.15) is 0 Å². The summed E-state index contributed by atoms with van der Waals surface area (Å²) in [6.07, 6.45) is -4.52. The number of rotatable bonds is 2. The Morgan fingerprint density at radius 2 is 1.67 bits per heavy atom. The van der Waals surface area contributed by atoms with Gasteiger partial charge in [-0.1, -0.05) is 35.3 Å². The lowest BCUT2D eigenvalue weighted by Crippen LogP contribution is -2.14. The van der Waals surface area contributed by atoms with Crippen molar-refractivity contribution in [3.05, 3.63) is 63.6 Å². The van der Waals surface area contributed by atoms with Crippen LogP contribution in [0.1, 0.15) is 15.9 Å². The Bertz CT molecular complexity index is 686. The van der Waals surface area contributed by atoms with E-state index in [1.54, 1.807) is 12.1 Å². The van der Waals surface area contributed by atoms with Gasteiger partial charge in [-0.25, -0.2) is 0 Å². The molecule has 0 spiro atoms. The summed E-state index contributed by atoms with van der Waals surface area (Å²) >= 11 is 11.7. The number of benzene rings is 2. The van der Waals surface area contributed by atoms with E-state index in [1.165, 1.54) is 12.1 Å². The molecule has 0 radical (unpaired) electrons. The quantitative estimate of drug-likeness (QED) is 0.797. The number of carbonyl (C=O) groups excluding carboxylic acids is 1. The van der Waals surface area contributed by atoms with E-state index in [1.807, 2.05) is 0 Å². The maximum absolute atomic E-state index is 12.6. The highest BCUT2D eigenvalue weighted by molar-refractivity contribution is 6.36. The molecule has 2 aromatic rings. The zero-order valence-electron chi connectivity index (χ0n) is 10.3. The Morgan fingerprint density at radius 3 is 2.29 bits per heavy atom. The molecule has 110 valence electrons. The minimum absolute atomic E-state index is 0.00315. The zero-order valence-corrected chi connectivity index (χ0v) is 11.9. The van der Waals surface area contributed by atoms with Gasteiger partial charge in [0.15, 0.2) is 0 Å². The Morgan fingerprint density at radius 1 is 1.00 bits per heavy atom. The van der Waals surface area contributed by atoms with Crippen LogP contribution in [-0.2, 0) is 6.18 Å². The van der Waals surface area contributed by atoms with Crippen LogP contribution in [0.3, 0.4) is 0 Å². The van der Waals surface area contributed by atoms with Gasteiger partial charge < -0.3 is 5.32 Å². The summed E-state index contributed by atoms with van der Waals surface area (Å²) in [5.41, 5.74) is -0.884. The van der Waals surface area contributed by atoms with Crippen LogP contribution < -0.4 is 5.32 Å². The van der Waals surface area contributed by atoms with Gasteiger partial charge in [-0.15, -0.1) is 0 Å². The molecule has 0 aromatic heterocycles. The summed E-state index contributed by atoms with van der Waals surface area (Å²) in [5.74, 6) is -0.637. The van der Waals surface area contributed by atoms with Crippen molar-refractivity contribution in [2.24, 2.45) is 0 Å². The number of hydrogen-bond donors (Lipinski definition) is 1. The first-order chi connectivity index (χ1) is 9.79. The lowest BCUT2D eigenvalue weighted by atomic mass is 10.1. The van der Waals surface area contributed by atoms with Crippen LogP contribution in [0.25, 0.3) is 0 Å². The van der Waals surface area contributed by atoms with Gasteiger partial charge in [0.05, 0.1) is 26.9 Å². The number of hydrogen-bond acceptors (Lipinski definition) is 1. The van der Waals surface area contributed by atoms with E-state index in [-0.39, 0.29) is 21.3 Å². The smallest absolute Gasteiger partial charge is 0.321 e. The fourth-order valence-electron chi connectivity index (χ4n) is 1.63. The number of anilines is 1. The predicted molar refractivity (Wildman–Crippen MR) is 75.9 cm³/mol. The molecule has 0 heterocycles. The van der Waals surface area contributed by atoms with Crippen LogP contribution in [0.2, 0.25) is 10.0 Å². The molecule has 0 saturated carbocycles. The van der Waals surface area contributed by atoms with Gasteiger partial charge in [-0.2, -0.15) is 13.2 Å². The maximum Gasteiger partial charge on any atom is 0.416 e. The van der Waals surface area contributed by atoms with Gasteiger partial charge in [-0.05, 0) is 30.3 Å². The second-order valence-corrected chi connectivity index (χ2v) is 4.94. The van der Waals surface area contributed by atoms with E-state index < -0.39 is 17.6 Å². The average molecular weight is 334 g/mol. The third kappa shape index (κ3) is 3.68. The molecular formula is C14H8Cl2F3NO. The van der Waals surface area contributed by atoms with Gasteiger partial charge in [0, 0.05) is 0 Å². The van der Waals surface area contributed by atoms with E-state index in [0.29, 0.717) is 0 Å². The molecule has 7 heteroatoms. The number of carbonyl (C=O) groups is 1. The van der Waals surface area contributed by atoms with Crippen LogP contribution >= 0.6 is 23.2 Å². The minimum Gasteiger partial charge on any atom is -0.321 e. The average Bonchev–Trinajstić information content (AvgIpc) is 2.40. The molecule has 0 saturated heterocycles. The molecule has 0 aliphatic rings. The number of halogens is 5. The van der Waals surface area contributed by atoms with E-state index >= 15 is 0 Å². The van der Waals surface area contributed by atoms with E-state index in [9.17, 15) is 18.0 Å². The van der Waals surface area contributed by atoms with Crippen molar-refractivity contribution in [1.29, 1.82) is 0 Å². The zero-order chi connectivity index (χ0) is 15.6. The van der Waals surface area contributed by atoms with Gasteiger partial charge in [0.2, 0.25) is 0 Å².